The maximum Gasteiger partial charge on any atom is 0.186 e. The molecule has 2 aromatic carbocycles. The first-order valence-corrected chi connectivity index (χ1v) is 12.4. The third kappa shape index (κ3) is 6.78. The van der Waals surface area contributed by atoms with E-state index in [1.165, 1.54) is 24.6 Å². The highest BCUT2D eigenvalue weighted by atomic mass is 16.5. The zero-order valence-corrected chi connectivity index (χ0v) is 22.7. The van der Waals surface area contributed by atoms with Crippen LogP contribution < -0.4 is 19.5 Å². The van der Waals surface area contributed by atoms with Gasteiger partial charge in [0.05, 0.1) is 19.2 Å². The number of rotatable bonds is 12. The molecule has 0 amide bonds. The van der Waals surface area contributed by atoms with Crippen molar-refractivity contribution in [2.45, 2.75) is 13.0 Å². The second-order valence-corrected chi connectivity index (χ2v) is 9.27. The molecule has 3 aromatic rings. The first kappa shape index (κ1) is 27.7. The smallest absolute Gasteiger partial charge is 0.186 e. The Morgan fingerprint density at radius 2 is 1.79 bits per heavy atom. The number of carbonyl (C=O) groups excluding carboxylic acids is 2. The maximum atomic E-state index is 12.8. The van der Waals surface area contributed by atoms with Gasteiger partial charge in [0.15, 0.2) is 23.1 Å². The quantitative estimate of drug-likeness (QED) is 0.273. The Kier molecular flexibility index (Phi) is 8.90. The van der Waals surface area contributed by atoms with Gasteiger partial charge in [0.25, 0.3) is 0 Å². The van der Waals surface area contributed by atoms with Crippen molar-refractivity contribution < 1.29 is 28.5 Å². The minimum absolute atomic E-state index is 0.151. The van der Waals surface area contributed by atoms with Crippen LogP contribution in [0, 0.1) is 0 Å². The Morgan fingerprint density at radius 3 is 2.54 bits per heavy atom. The molecule has 1 heterocycles. The Labute approximate surface area is 227 Å². The summed E-state index contributed by atoms with van der Waals surface area (Å²) in [6.45, 7) is 3.43. The van der Waals surface area contributed by atoms with Gasteiger partial charge in [-0.25, -0.2) is 9.97 Å². The minimum Gasteiger partial charge on any atom is -0.493 e. The lowest BCUT2D eigenvalue weighted by atomic mass is 9.95. The predicted octanol–water partition coefficient (Wildman–Crippen LogP) is 3.83. The number of benzene rings is 2. The van der Waals surface area contributed by atoms with Crippen molar-refractivity contribution in [3.05, 3.63) is 60.5 Å². The van der Waals surface area contributed by atoms with E-state index in [1.807, 2.05) is 32.0 Å². The fraction of sp³-hybridized carbons (Fsp3) is 0.310. The average Bonchev–Trinajstić information content (AvgIpc) is 2.90. The van der Waals surface area contributed by atoms with Gasteiger partial charge in [0.1, 0.15) is 30.6 Å². The minimum atomic E-state index is -0.268. The summed E-state index contributed by atoms with van der Waals surface area (Å²) in [5.74, 6) is 1.58. The third-order valence-corrected chi connectivity index (χ3v) is 5.90. The zero-order chi connectivity index (χ0) is 27.9. The van der Waals surface area contributed by atoms with Gasteiger partial charge < -0.3 is 29.2 Å². The SMILES string of the molecule is COCCOc1cc2ncnc(Nc3ccc(OC(C)CN(C)C)c(C4=CC(=O)C=CC4=O)c3)c2cc1OC. The van der Waals surface area contributed by atoms with Crippen LogP contribution in [-0.4, -0.2) is 80.6 Å². The number of nitrogens with zero attached hydrogens (tertiary/aromatic N) is 3. The summed E-state index contributed by atoms with van der Waals surface area (Å²) in [4.78, 5) is 35.7. The van der Waals surface area contributed by atoms with E-state index in [2.05, 4.69) is 15.3 Å². The highest BCUT2D eigenvalue weighted by molar-refractivity contribution is 6.34. The van der Waals surface area contributed by atoms with Gasteiger partial charge in [-0.2, -0.15) is 0 Å². The van der Waals surface area contributed by atoms with Crippen molar-refractivity contribution in [2.24, 2.45) is 0 Å². The lowest BCUT2D eigenvalue weighted by Gasteiger charge is -2.22. The Balaban J connectivity index is 1.71. The average molecular weight is 533 g/mol. The van der Waals surface area contributed by atoms with E-state index >= 15 is 0 Å². The van der Waals surface area contributed by atoms with Gasteiger partial charge in [-0.1, -0.05) is 0 Å². The number of carbonyl (C=O) groups is 2. The number of hydrogen-bond acceptors (Lipinski definition) is 10. The summed E-state index contributed by atoms with van der Waals surface area (Å²) in [6, 6.07) is 8.99. The van der Waals surface area contributed by atoms with Gasteiger partial charge in [-0.15, -0.1) is 0 Å². The molecule has 10 heteroatoms. The van der Waals surface area contributed by atoms with Crippen LogP contribution >= 0.6 is 0 Å². The monoisotopic (exact) mass is 532 g/mol. The van der Waals surface area contributed by atoms with Crippen LogP contribution in [0.15, 0.2) is 54.9 Å². The van der Waals surface area contributed by atoms with Crippen molar-refractivity contribution in [2.75, 3.05) is 53.4 Å². The van der Waals surface area contributed by atoms with Crippen LogP contribution in [0.5, 0.6) is 17.2 Å². The Hall–Kier alpha value is -4.28. The summed E-state index contributed by atoms with van der Waals surface area (Å²) in [5.41, 5.74) is 2.08. The topological polar surface area (TPSA) is 112 Å². The molecule has 0 aliphatic heterocycles. The molecule has 0 radical (unpaired) electrons. The fourth-order valence-corrected chi connectivity index (χ4v) is 4.22. The predicted molar refractivity (Wildman–Crippen MR) is 149 cm³/mol. The normalized spacial score (nSPS) is 13.9. The van der Waals surface area contributed by atoms with Crippen LogP contribution in [0.4, 0.5) is 11.5 Å². The summed E-state index contributed by atoms with van der Waals surface area (Å²) < 4.78 is 22.6. The number of fused-ring (bicyclic) bond motifs is 1. The van der Waals surface area contributed by atoms with Gasteiger partial charge in [0, 0.05) is 41.9 Å². The van der Waals surface area contributed by atoms with Crippen LogP contribution in [0.2, 0.25) is 0 Å². The van der Waals surface area contributed by atoms with Crippen molar-refractivity contribution in [3.63, 3.8) is 0 Å². The first-order chi connectivity index (χ1) is 18.8. The first-order valence-electron chi connectivity index (χ1n) is 12.4. The molecular formula is C29H32N4O6. The molecule has 0 saturated heterocycles. The van der Waals surface area contributed by atoms with E-state index in [0.29, 0.717) is 65.0 Å². The van der Waals surface area contributed by atoms with Crippen LogP contribution in [-0.2, 0) is 14.3 Å². The molecule has 1 atom stereocenters. The second kappa shape index (κ2) is 12.5. The summed E-state index contributed by atoms with van der Waals surface area (Å²) in [6.07, 6.45) is 5.18. The van der Waals surface area contributed by atoms with Crippen molar-refractivity contribution in [3.8, 4) is 17.2 Å². The number of ketones is 2. The number of anilines is 2. The molecule has 1 aliphatic carbocycles. The van der Waals surface area contributed by atoms with E-state index in [9.17, 15) is 9.59 Å². The molecule has 10 nitrogen and oxygen atoms in total. The van der Waals surface area contributed by atoms with E-state index in [-0.39, 0.29) is 23.2 Å². The summed E-state index contributed by atoms with van der Waals surface area (Å²) in [7, 11) is 7.09. The number of ether oxygens (including phenoxy) is 4. The second-order valence-electron chi connectivity index (χ2n) is 9.27. The molecule has 1 N–H and O–H groups in total. The highest BCUT2D eigenvalue weighted by Crippen LogP contribution is 2.36. The highest BCUT2D eigenvalue weighted by Gasteiger charge is 2.21. The number of methoxy groups -OCH3 is 2. The molecule has 39 heavy (non-hydrogen) atoms. The summed E-state index contributed by atoms with van der Waals surface area (Å²) >= 11 is 0. The molecule has 0 spiro atoms. The van der Waals surface area contributed by atoms with Gasteiger partial charge in [0.2, 0.25) is 0 Å². The molecule has 1 aromatic heterocycles. The molecule has 1 aliphatic rings. The Bertz CT molecular complexity index is 1430. The van der Waals surface area contributed by atoms with Gasteiger partial charge >= 0.3 is 0 Å². The third-order valence-electron chi connectivity index (χ3n) is 5.90. The zero-order valence-electron chi connectivity index (χ0n) is 22.7. The molecule has 0 fully saturated rings. The van der Waals surface area contributed by atoms with Crippen molar-refractivity contribution >= 4 is 39.5 Å². The summed E-state index contributed by atoms with van der Waals surface area (Å²) in [5, 5.41) is 4.02. The number of hydrogen-bond donors (Lipinski definition) is 1. The molecule has 0 bridgehead atoms. The molecule has 4 rings (SSSR count). The van der Waals surface area contributed by atoms with E-state index < -0.39 is 0 Å². The van der Waals surface area contributed by atoms with Crippen molar-refractivity contribution in [1.82, 2.24) is 14.9 Å². The number of nitrogens with one attached hydrogen (secondary N) is 1. The van der Waals surface area contributed by atoms with E-state index in [0.717, 1.165) is 0 Å². The lowest BCUT2D eigenvalue weighted by Crippen LogP contribution is -2.28. The van der Waals surface area contributed by atoms with E-state index in [4.69, 9.17) is 18.9 Å². The maximum absolute atomic E-state index is 12.8. The van der Waals surface area contributed by atoms with Gasteiger partial charge in [-0.3, -0.25) is 9.59 Å². The van der Waals surface area contributed by atoms with Gasteiger partial charge in [-0.05, 0) is 63.5 Å². The molecule has 1 unspecified atom stereocenters. The fourth-order valence-electron chi connectivity index (χ4n) is 4.22. The van der Waals surface area contributed by atoms with Crippen molar-refractivity contribution in [1.29, 1.82) is 0 Å². The molecule has 204 valence electrons. The molecule has 0 saturated carbocycles. The van der Waals surface area contributed by atoms with Crippen LogP contribution in [0.1, 0.15) is 12.5 Å². The lowest BCUT2D eigenvalue weighted by molar-refractivity contribution is -0.113. The largest absolute Gasteiger partial charge is 0.493 e. The van der Waals surface area contributed by atoms with Crippen LogP contribution in [0.3, 0.4) is 0 Å². The standard InChI is InChI=1S/C29H32N4O6/c1-18(16-33(2)3)39-26-9-6-19(12-22(26)21-13-20(34)7-8-25(21)35)32-29-23-14-27(37-5)28(38-11-10-36-4)15-24(23)30-17-31-29/h6-9,12-15,17-18H,10-11,16H2,1-5H3,(H,30,31,32). The van der Waals surface area contributed by atoms with Crippen LogP contribution in [0.25, 0.3) is 16.5 Å². The molecular weight excluding hydrogens is 500 g/mol. The number of likely N-dealkylation sites (N-methyl/N-ethyl adjacent to an activating group) is 1. The Morgan fingerprint density at radius 1 is 0.974 bits per heavy atom. The van der Waals surface area contributed by atoms with E-state index in [1.54, 1.807) is 38.5 Å². The number of allylic oxidation sites excluding steroid dienone is 4. The number of aromatic nitrogens is 2.